The number of nitrogens with one attached hydrogen (secondary N) is 1. The molecule has 0 aliphatic carbocycles. The molecule has 5 heteroatoms. The van der Waals surface area contributed by atoms with Crippen molar-refractivity contribution in [3.63, 3.8) is 0 Å². The van der Waals surface area contributed by atoms with E-state index in [9.17, 15) is 4.89 Å². The molecule has 112 valence electrons. The van der Waals surface area contributed by atoms with Gasteiger partial charge in [-0.05, 0) is 41.3 Å². The minimum absolute atomic E-state index is 0.650. The van der Waals surface area contributed by atoms with E-state index in [-0.39, 0.29) is 0 Å². The summed E-state index contributed by atoms with van der Waals surface area (Å²) in [5.41, 5.74) is 3.73. The summed E-state index contributed by atoms with van der Waals surface area (Å²) < 4.78 is 4.84. The Labute approximate surface area is 131 Å². The Morgan fingerprint density at radius 2 is 1.81 bits per heavy atom. The van der Waals surface area contributed by atoms with E-state index in [1.54, 1.807) is 0 Å². The van der Waals surface area contributed by atoms with Crippen LogP contribution in [-0.4, -0.2) is 18.5 Å². The highest BCUT2D eigenvalue weighted by Gasteiger charge is 2.08. The van der Waals surface area contributed by atoms with Gasteiger partial charge in [0.25, 0.3) is 6.64 Å². The third kappa shape index (κ3) is 5.34. The topological polar surface area (TPSA) is 41.5 Å². The molecule has 2 N–H and O–H groups in total. The number of benzene rings is 2. The minimum Gasteiger partial charge on any atom is -0.334 e. The fourth-order valence-corrected chi connectivity index (χ4v) is 2.96. The van der Waals surface area contributed by atoms with Crippen molar-refractivity contribution in [3.8, 4) is 11.1 Å². The van der Waals surface area contributed by atoms with Crippen molar-refractivity contribution in [2.75, 3.05) is 13.7 Å². The molecular formula is C16H20NO2PS. The van der Waals surface area contributed by atoms with E-state index < -0.39 is 6.64 Å². The molecule has 0 bridgehead atoms. The van der Waals surface area contributed by atoms with Crippen molar-refractivity contribution in [2.45, 2.75) is 12.8 Å². The second kappa shape index (κ2) is 7.83. The van der Waals surface area contributed by atoms with Gasteiger partial charge in [-0.15, -0.1) is 0 Å². The van der Waals surface area contributed by atoms with Gasteiger partial charge in [0, 0.05) is 13.7 Å². The van der Waals surface area contributed by atoms with Crippen molar-refractivity contribution >= 4 is 18.4 Å². The lowest BCUT2D eigenvalue weighted by Gasteiger charge is -2.13. The molecule has 2 aromatic carbocycles. The highest BCUT2D eigenvalue weighted by Crippen LogP contribution is 2.35. The largest absolute Gasteiger partial charge is 0.334 e. The van der Waals surface area contributed by atoms with Crippen molar-refractivity contribution in [3.05, 3.63) is 60.2 Å². The lowest BCUT2D eigenvalue weighted by Crippen LogP contribution is -2.13. The van der Waals surface area contributed by atoms with Crippen LogP contribution in [0.1, 0.15) is 12.0 Å². The maximum absolute atomic E-state index is 9.61. The molecule has 0 amide bonds. The molecule has 0 saturated heterocycles. The van der Waals surface area contributed by atoms with Gasteiger partial charge < -0.3 is 9.42 Å². The fraction of sp³-hybridized carbons (Fsp3) is 0.250. The van der Waals surface area contributed by atoms with E-state index in [1.807, 2.05) is 18.2 Å². The van der Waals surface area contributed by atoms with Crippen molar-refractivity contribution in [2.24, 2.45) is 0 Å². The van der Waals surface area contributed by atoms with Crippen LogP contribution in [0.3, 0.4) is 0 Å². The summed E-state index contributed by atoms with van der Waals surface area (Å²) in [5, 5.41) is 2.88. The third-order valence-electron chi connectivity index (χ3n) is 3.24. The van der Waals surface area contributed by atoms with Crippen molar-refractivity contribution in [1.82, 2.24) is 5.09 Å². The van der Waals surface area contributed by atoms with E-state index in [0.717, 1.165) is 12.8 Å². The molecule has 0 radical (unpaired) electrons. The maximum atomic E-state index is 9.61. The van der Waals surface area contributed by atoms with E-state index in [1.165, 1.54) is 23.8 Å². The SMILES string of the molecule is COP(O)(=S)NCCCc1cccc(-c2ccccc2)c1. The van der Waals surface area contributed by atoms with Crippen LogP contribution >= 0.6 is 6.64 Å². The first kappa shape index (κ1) is 16.3. The first-order chi connectivity index (χ1) is 10.1. The lowest BCUT2D eigenvalue weighted by molar-refractivity contribution is 0.375. The average Bonchev–Trinajstić information content (AvgIpc) is 2.53. The number of rotatable bonds is 7. The zero-order chi connectivity index (χ0) is 15.1. The van der Waals surface area contributed by atoms with Crippen LogP contribution in [0.25, 0.3) is 11.1 Å². The summed E-state index contributed by atoms with van der Waals surface area (Å²) in [6, 6.07) is 18.9. The summed E-state index contributed by atoms with van der Waals surface area (Å²) in [7, 11) is 1.43. The standard InChI is InChI=1S/C16H20NO2PS/c1-19-20(18,21)17-12-6-8-14-7-5-11-16(13-14)15-9-3-2-4-10-15/h2-5,7,9-11,13H,6,8,12H2,1H3,(H2,17,18,21). The fourth-order valence-electron chi connectivity index (χ4n) is 2.11. The molecule has 0 aromatic heterocycles. The Bertz CT molecular complexity index is 619. The molecule has 2 aromatic rings. The molecule has 1 unspecified atom stereocenters. The third-order valence-corrected chi connectivity index (χ3v) is 5.19. The van der Waals surface area contributed by atoms with Gasteiger partial charge in [0.05, 0.1) is 0 Å². The van der Waals surface area contributed by atoms with Crippen molar-refractivity contribution < 1.29 is 9.42 Å². The molecule has 0 fully saturated rings. The zero-order valence-corrected chi connectivity index (χ0v) is 13.7. The Balaban J connectivity index is 1.92. The monoisotopic (exact) mass is 321 g/mol. The lowest BCUT2D eigenvalue weighted by atomic mass is 10.0. The van der Waals surface area contributed by atoms with Crippen LogP contribution in [0.15, 0.2) is 54.6 Å². The molecule has 3 nitrogen and oxygen atoms in total. The second-order valence-electron chi connectivity index (χ2n) is 4.78. The first-order valence-electron chi connectivity index (χ1n) is 6.89. The van der Waals surface area contributed by atoms with Crippen LogP contribution in [0.2, 0.25) is 0 Å². The zero-order valence-electron chi connectivity index (χ0n) is 12.0. The summed E-state index contributed by atoms with van der Waals surface area (Å²) in [5.74, 6) is 0. The Kier molecular flexibility index (Phi) is 6.09. The summed E-state index contributed by atoms with van der Waals surface area (Å²) in [6.45, 7) is -2.12. The van der Waals surface area contributed by atoms with Crippen LogP contribution in [0.5, 0.6) is 0 Å². The van der Waals surface area contributed by atoms with Crippen molar-refractivity contribution in [1.29, 1.82) is 0 Å². The quantitative estimate of drug-likeness (QED) is 0.602. The predicted octanol–water partition coefficient (Wildman–Crippen LogP) is 3.74. The maximum Gasteiger partial charge on any atom is 0.258 e. The smallest absolute Gasteiger partial charge is 0.258 e. The Hall–Kier alpha value is -1.03. The molecule has 0 aliphatic rings. The van der Waals surface area contributed by atoms with Gasteiger partial charge in [-0.25, -0.2) is 5.09 Å². The normalized spacial score (nSPS) is 13.8. The van der Waals surface area contributed by atoms with Gasteiger partial charge in [-0.3, -0.25) is 0 Å². The first-order valence-corrected chi connectivity index (χ1v) is 9.56. The number of hydrogen-bond acceptors (Lipinski definition) is 2. The summed E-state index contributed by atoms with van der Waals surface area (Å²) in [6.07, 6.45) is 1.84. The molecule has 0 heterocycles. The Morgan fingerprint density at radius 3 is 2.52 bits per heavy atom. The summed E-state index contributed by atoms with van der Waals surface area (Å²) >= 11 is 4.89. The van der Waals surface area contributed by atoms with Crippen LogP contribution in [0.4, 0.5) is 0 Å². The second-order valence-corrected chi connectivity index (χ2v) is 7.99. The van der Waals surface area contributed by atoms with Gasteiger partial charge in [0.15, 0.2) is 0 Å². The molecule has 0 spiro atoms. The average molecular weight is 321 g/mol. The van der Waals surface area contributed by atoms with Gasteiger partial charge in [0.1, 0.15) is 0 Å². The molecule has 2 rings (SSSR count). The summed E-state index contributed by atoms with van der Waals surface area (Å²) in [4.78, 5) is 9.61. The Morgan fingerprint density at radius 1 is 1.10 bits per heavy atom. The number of hydrogen-bond donors (Lipinski definition) is 2. The van der Waals surface area contributed by atoms with Gasteiger partial charge >= 0.3 is 0 Å². The van der Waals surface area contributed by atoms with Gasteiger partial charge in [-0.2, -0.15) is 0 Å². The highest BCUT2D eigenvalue weighted by atomic mass is 32.5. The van der Waals surface area contributed by atoms with E-state index >= 15 is 0 Å². The van der Waals surface area contributed by atoms with Gasteiger partial charge in [-0.1, -0.05) is 54.6 Å². The number of aryl methyl sites for hydroxylation is 1. The van der Waals surface area contributed by atoms with Gasteiger partial charge in [0.2, 0.25) is 0 Å². The van der Waals surface area contributed by atoms with Crippen LogP contribution < -0.4 is 5.09 Å². The highest BCUT2D eigenvalue weighted by molar-refractivity contribution is 8.08. The molecular weight excluding hydrogens is 301 g/mol. The van der Waals surface area contributed by atoms with E-state index in [4.69, 9.17) is 16.3 Å². The van der Waals surface area contributed by atoms with Crippen LogP contribution in [-0.2, 0) is 22.8 Å². The minimum atomic E-state index is -2.77. The van der Waals surface area contributed by atoms with E-state index in [0.29, 0.717) is 6.54 Å². The predicted molar refractivity (Wildman–Crippen MR) is 91.7 cm³/mol. The molecule has 0 aliphatic heterocycles. The van der Waals surface area contributed by atoms with Crippen LogP contribution in [0, 0.1) is 0 Å². The molecule has 0 saturated carbocycles. The molecule has 21 heavy (non-hydrogen) atoms. The van der Waals surface area contributed by atoms with E-state index in [2.05, 4.69) is 41.5 Å². The molecule has 1 atom stereocenters.